The van der Waals surface area contributed by atoms with E-state index in [0.717, 1.165) is 41.0 Å². The predicted octanol–water partition coefficient (Wildman–Crippen LogP) is 5.69. The molecule has 2 amide bonds. The summed E-state index contributed by atoms with van der Waals surface area (Å²) in [6, 6.07) is 12.4. The van der Waals surface area contributed by atoms with Crippen molar-refractivity contribution in [2.75, 3.05) is 17.7 Å². The van der Waals surface area contributed by atoms with Crippen LogP contribution in [0.2, 0.25) is 0 Å². The van der Waals surface area contributed by atoms with E-state index in [0.29, 0.717) is 16.3 Å². The van der Waals surface area contributed by atoms with Crippen molar-refractivity contribution in [2.24, 2.45) is 0 Å². The molecule has 9 nitrogen and oxygen atoms in total. The van der Waals surface area contributed by atoms with Crippen molar-refractivity contribution in [3.05, 3.63) is 80.2 Å². The summed E-state index contributed by atoms with van der Waals surface area (Å²) in [7, 11) is 1.34. The molecule has 11 heteroatoms. The zero-order valence-corrected chi connectivity index (χ0v) is 21.9. The number of fused-ring (bicyclic) bond motifs is 1. The van der Waals surface area contributed by atoms with E-state index < -0.39 is 22.0 Å². The Kier molecular flexibility index (Phi) is 8.24. The van der Waals surface area contributed by atoms with E-state index in [1.54, 1.807) is 25.1 Å². The fourth-order valence-electron chi connectivity index (χ4n) is 4.03. The van der Waals surface area contributed by atoms with Crippen LogP contribution in [-0.2, 0) is 22.4 Å². The molecular weight excluding hydrogens is 514 g/mol. The van der Waals surface area contributed by atoms with Gasteiger partial charge in [-0.1, -0.05) is 6.07 Å². The van der Waals surface area contributed by atoms with Crippen molar-refractivity contribution in [2.45, 2.75) is 42.8 Å². The number of nitrogens with one attached hydrogen (secondary N) is 2. The molecule has 2 N–H and O–H groups in total. The maximum atomic E-state index is 13.0. The minimum absolute atomic E-state index is 0.0939. The van der Waals surface area contributed by atoms with Crippen molar-refractivity contribution < 1.29 is 24.0 Å². The van der Waals surface area contributed by atoms with Gasteiger partial charge in [-0.15, -0.1) is 23.1 Å². The highest BCUT2D eigenvalue weighted by atomic mass is 32.2. The second-order valence-corrected chi connectivity index (χ2v) is 11.0. The van der Waals surface area contributed by atoms with Crippen LogP contribution in [0.5, 0.6) is 0 Å². The number of anilines is 2. The van der Waals surface area contributed by atoms with Gasteiger partial charge in [0.15, 0.2) is 0 Å². The normalized spacial score (nSPS) is 13.2. The predicted molar refractivity (Wildman–Crippen MR) is 144 cm³/mol. The number of thioether (sulfide) groups is 1. The number of nitro groups is 1. The molecule has 37 heavy (non-hydrogen) atoms. The zero-order valence-electron chi connectivity index (χ0n) is 20.2. The first-order chi connectivity index (χ1) is 17.8. The number of rotatable bonds is 8. The summed E-state index contributed by atoms with van der Waals surface area (Å²) >= 11 is 2.76. The Morgan fingerprint density at radius 2 is 1.81 bits per heavy atom. The van der Waals surface area contributed by atoms with Gasteiger partial charge >= 0.3 is 5.97 Å². The third-order valence-electron chi connectivity index (χ3n) is 5.91. The van der Waals surface area contributed by atoms with Crippen LogP contribution >= 0.6 is 23.1 Å². The van der Waals surface area contributed by atoms with Gasteiger partial charge < -0.3 is 15.4 Å². The molecule has 1 aliphatic rings. The van der Waals surface area contributed by atoms with Gasteiger partial charge in [-0.3, -0.25) is 19.7 Å². The lowest BCUT2D eigenvalue weighted by Crippen LogP contribution is -2.23. The second-order valence-electron chi connectivity index (χ2n) is 8.44. The first-order valence-electron chi connectivity index (χ1n) is 11.6. The first-order valence-corrected chi connectivity index (χ1v) is 13.3. The number of carbonyl (C=O) groups is 3. The summed E-state index contributed by atoms with van der Waals surface area (Å²) in [5.74, 6) is -1.08. The molecule has 1 aromatic heterocycles. The van der Waals surface area contributed by atoms with Crippen molar-refractivity contribution >= 4 is 57.3 Å². The molecule has 4 rings (SSSR count). The summed E-state index contributed by atoms with van der Waals surface area (Å²) in [6.45, 7) is 1.77. The zero-order chi connectivity index (χ0) is 26.5. The quantitative estimate of drug-likeness (QED) is 0.163. The number of non-ortho nitro benzene ring substituents is 1. The molecule has 192 valence electrons. The number of nitro benzene ring substituents is 1. The number of aryl methyl sites for hydroxylation is 1. The monoisotopic (exact) mass is 539 g/mol. The van der Waals surface area contributed by atoms with Crippen LogP contribution in [0.1, 0.15) is 50.9 Å². The highest BCUT2D eigenvalue weighted by Gasteiger charge is 2.28. The Bertz CT molecular complexity index is 1350. The standard InChI is InChI=1S/C26H25N3O6S2/c1-15(23(30)28-25-22(26(32)35-2)20-8-3-4-9-21(20)37-25)36-19-7-5-6-17(14-19)27-24(31)16-10-12-18(13-11-16)29(33)34/h5-7,10-15H,3-4,8-9H2,1-2H3,(H,27,31)(H,28,30). The van der Waals surface area contributed by atoms with Gasteiger partial charge in [-0.2, -0.15) is 0 Å². The molecule has 2 aromatic carbocycles. The first kappa shape index (κ1) is 26.4. The van der Waals surface area contributed by atoms with Crippen molar-refractivity contribution in [3.63, 3.8) is 0 Å². The van der Waals surface area contributed by atoms with Crippen molar-refractivity contribution in [3.8, 4) is 0 Å². The molecule has 0 fully saturated rings. The average molecular weight is 540 g/mol. The third kappa shape index (κ3) is 6.17. The number of benzene rings is 2. The van der Waals surface area contributed by atoms with Crippen LogP contribution in [0, 0.1) is 10.1 Å². The Balaban J connectivity index is 1.42. The lowest BCUT2D eigenvalue weighted by atomic mass is 9.95. The topological polar surface area (TPSA) is 128 Å². The molecule has 0 bridgehead atoms. The van der Waals surface area contributed by atoms with Gasteiger partial charge in [-0.25, -0.2) is 4.79 Å². The number of methoxy groups -OCH3 is 1. The summed E-state index contributed by atoms with van der Waals surface area (Å²) in [5, 5.41) is 16.6. The Hall–Kier alpha value is -3.70. The van der Waals surface area contributed by atoms with Gasteiger partial charge in [0.1, 0.15) is 5.00 Å². The van der Waals surface area contributed by atoms with Crippen LogP contribution in [0.15, 0.2) is 53.4 Å². The van der Waals surface area contributed by atoms with Crippen LogP contribution in [-0.4, -0.2) is 35.1 Å². The molecular formula is C26H25N3O6S2. The number of ether oxygens (including phenoxy) is 1. The third-order valence-corrected chi connectivity index (χ3v) is 8.21. The number of esters is 1. The highest BCUT2D eigenvalue weighted by molar-refractivity contribution is 8.00. The minimum Gasteiger partial charge on any atom is -0.465 e. The second kappa shape index (κ2) is 11.6. The maximum Gasteiger partial charge on any atom is 0.341 e. The van der Waals surface area contributed by atoms with E-state index in [-0.39, 0.29) is 17.2 Å². The number of carbonyl (C=O) groups excluding carboxylic acids is 3. The number of hydrogen-bond donors (Lipinski definition) is 2. The fourth-order valence-corrected chi connectivity index (χ4v) is 6.23. The summed E-state index contributed by atoms with van der Waals surface area (Å²) in [4.78, 5) is 50.2. The van der Waals surface area contributed by atoms with Crippen molar-refractivity contribution in [1.29, 1.82) is 0 Å². The SMILES string of the molecule is COC(=O)c1c(NC(=O)C(C)Sc2cccc(NC(=O)c3ccc([N+](=O)[O-])cc3)c2)sc2c1CCCC2. The van der Waals surface area contributed by atoms with Crippen LogP contribution in [0.3, 0.4) is 0 Å². The minimum atomic E-state index is -0.525. The number of hydrogen-bond acceptors (Lipinski definition) is 8. The molecule has 1 heterocycles. The smallest absolute Gasteiger partial charge is 0.341 e. The Morgan fingerprint density at radius 1 is 1.08 bits per heavy atom. The van der Waals surface area contributed by atoms with E-state index in [9.17, 15) is 24.5 Å². The molecule has 0 saturated carbocycles. The summed E-state index contributed by atoms with van der Waals surface area (Å²) in [6.07, 6.45) is 3.76. The molecule has 0 radical (unpaired) electrons. The van der Waals surface area contributed by atoms with Crippen LogP contribution in [0.4, 0.5) is 16.4 Å². The molecule has 0 aliphatic heterocycles. The van der Waals surface area contributed by atoms with Gasteiger partial charge in [0.25, 0.3) is 11.6 Å². The molecule has 3 aromatic rings. The van der Waals surface area contributed by atoms with Gasteiger partial charge in [0.05, 0.1) is 22.8 Å². The van der Waals surface area contributed by atoms with E-state index in [2.05, 4.69) is 10.6 Å². The molecule has 0 spiro atoms. The lowest BCUT2D eigenvalue weighted by Gasteiger charge is -2.14. The molecule has 1 unspecified atom stereocenters. The van der Waals surface area contributed by atoms with Crippen molar-refractivity contribution in [1.82, 2.24) is 0 Å². The van der Waals surface area contributed by atoms with E-state index in [4.69, 9.17) is 4.74 Å². The summed E-state index contributed by atoms with van der Waals surface area (Å²) < 4.78 is 4.98. The van der Waals surface area contributed by atoms with E-state index in [1.807, 2.05) is 6.07 Å². The Labute approximate surface area is 221 Å². The number of amides is 2. The fraction of sp³-hybridized carbons (Fsp3) is 0.269. The lowest BCUT2D eigenvalue weighted by molar-refractivity contribution is -0.384. The number of thiophene rings is 1. The molecule has 0 saturated heterocycles. The van der Waals surface area contributed by atoms with Gasteiger partial charge in [0, 0.05) is 33.2 Å². The Morgan fingerprint density at radius 3 is 2.51 bits per heavy atom. The van der Waals surface area contributed by atoms with Gasteiger partial charge in [-0.05, 0) is 68.5 Å². The molecule has 1 aliphatic carbocycles. The van der Waals surface area contributed by atoms with Gasteiger partial charge in [0.2, 0.25) is 5.91 Å². The largest absolute Gasteiger partial charge is 0.465 e. The van der Waals surface area contributed by atoms with Crippen LogP contribution in [0.25, 0.3) is 0 Å². The maximum absolute atomic E-state index is 13.0. The highest BCUT2D eigenvalue weighted by Crippen LogP contribution is 2.39. The number of nitrogens with zero attached hydrogens (tertiary/aromatic N) is 1. The van der Waals surface area contributed by atoms with E-state index in [1.165, 1.54) is 54.5 Å². The summed E-state index contributed by atoms with van der Waals surface area (Å²) in [5.41, 5.74) is 2.17. The van der Waals surface area contributed by atoms with Crippen LogP contribution < -0.4 is 10.6 Å². The molecule has 1 atom stereocenters. The van der Waals surface area contributed by atoms with E-state index >= 15 is 0 Å². The average Bonchev–Trinajstić information content (AvgIpc) is 3.26.